The fraction of sp³-hybridized carbons (Fsp3) is 0.143. The number of urea groups is 1. The molecule has 1 N–H and O–H groups in total. The predicted octanol–water partition coefficient (Wildman–Crippen LogP) is 1.86. The number of rotatable bonds is 1. The summed E-state index contributed by atoms with van der Waals surface area (Å²) in [7, 11) is 0. The highest BCUT2D eigenvalue weighted by Crippen LogP contribution is 2.30. The highest BCUT2D eigenvalue weighted by molar-refractivity contribution is 6.09. The molecule has 0 aliphatic carbocycles. The number of fused-ring (bicyclic) bond motifs is 1. The Labute approximate surface area is 109 Å². The van der Waals surface area contributed by atoms with Gasteiger partial charge in [-0.1, -0.05) is 5.92 Å². The highest BCUT2D eigenvalue weighted by Gasteiger charge is 2.26. The van der Waals surface area contributed by atoms with Crippen molar-refractivity contribution >= 4 is 28.6 Å². The van der Waals surface area contributed by atoms with Crippen LogP contribution in [-0.4, -0.2) is 18.5 Å². The first-order valence-corrected chi connectivity index (χ1v) is 5.78. The van der Waals surface area contributed by atoms with Crippen molar-refractivity contribution < 1.29 is 14.0 Å². The van der Waals surface area contributed by atoms with Crippen molar-refractivity contribution in [2.45, 2.75) is 6.42 Å². The minimum Gasteiger partial charge on any atom is -0.462 e. The van der Waals surface area contributed by atoms with Gasteiger partial charge in [-0.2, -0.15) is 0 Å². The lowest BCUT2D eigenvalue weighted by Gasteiger charge is -2.25. The van der Waals surface area contributed by atoms with Gasteiger partial charge in [0.15, 0.2) is 0 Å². The molecule has 3 amide bonds. The Morgan fingerprint density at radius 1 is 1.37 bits per heavy atom. The van der Waals surface area contributed by atoms with Gasteiger partial charge in [0.1, 0.15) is 11.8 Å². The average molecular weight is 254 g/mol. The number of benzene rings is 1. The molecule has 19 heavy (non-hydrogen) atoms. The minimum atomic E-state index is -0.440. The van der Waals surface area contributed by atoms with Crippen LogP contribution in [-0.2, 0) is 4.79 Å². The van der Waals surface area contributed by atoms with E-state index in [0.717, 1.165) is 5.39 Å². The van der Waals surface area contributed by atoms with E-state index in [0.29, 0.717) is 23.4 Å². The molecule has 0 unspecified atom stereocenters. The number of nitrogens with zero attached hydrogens (tertiary/aromatic N) is 1. The number of hydrogen-bond acceptors (Lipinski definition) is 3. The van der Waals surface area contributed by atoms with Crippen molar-refractivity contribution in [1.29, 1.82) is 0 Å². The molecule has 1 aliphatic heterocycles. The van der Waals surface area contributed by atoms with E-state index in [1.54, 1.807) is 18.2 Å². The molecule has 1 fully saturated rings. The van der Waals surface area contributed by atoms with Crippen molar-refractivity contribution in [3.63, 3.8) is 0 Å². The van der Waals surface area contributed by atoms with Gasteiger partial charge in [-0.3, -0.25) is 15.0 Å². The first-order chi connectivity index (χ1) is 9.19. The number of terminal acetylenes is 1. The Kier molecular flexibility index (Phi) is 2.50. The molecule has 0 radical (unpaired) electrons. The van der Waals surface area contributed by atoms with Gasteiger partial charge in [0, 0.05) is 23.9 Å². The molecule has 1 aromatic carbocycles. The molecule has 0 atom stereocenters. The number of hydrogen-bond donors (Lipinski definition) is 1. The third-order valence-corrected chi connectivity index (χ3v) is 3.06. The second-order valence-electron chi connectivity index (χ2n) is 4.23. The number of amides is 3. The average Bonchev–Trinajstić information content (AvgIpc) is 2.81. The molecule has 5 nitrogen and oxygen atoms in total. The molecular formula is C14H10N2O3. The SMILES string of the molecule is C#Cc1ccc2occ(N3CCC(=O)NC3=O)c2c1. The monoisotopic (exact) mass is 254 g/mol. The van der Waals surface area contributed by atoms with Crippen LogP contribution >= 0.6 is 0 Å². The maximum Gasteiger partial charge on any atom is 0.328 e. The third-order valence-electron chi connectivity index (χ3n) is 3.06. The number of imide groups is 1. The van der Waals surface area contributed by atoms with E-state index < -0.39 is 6.03 Å². The first-order valence-electron chi connectivity index (χ1n) is 5.78. The van der Waals surface area contributed by atoms with E-state index >= 15 is 0 Å². The van der Waals surface area contributed by atoms with Crippen molar-refractivity contribution in [2.24, 2.45) is 0 Å². The standard InChI is InChI=1S/C14H10N2O3/c1-2-9-3-4-12-10(7-9)11(8-19-12)16-6-5-13(17)15-14(16)18/h1,3-4,7-8H,5-6H2,(H,15,17,18). The van der Waals surface area contributed by atoms with Gasteiger partial charge >= 0.3 is 6.03 Å². The van der Waals surface area contributed by atoms with E-state index in [2.05, 4.69) is 11.2 Å². The normalized spacial score (nSPS) is 15.4. The Balaban J connectivity index is 2.08. The van der Waals surface area contributed by atoms with Crippen molar-refractivity contribution in [2.75, 3.05) is 11.4 Å². The van der Waals surface area contributed by atoms with Gasteiger partial charge in [-0.25, -0.2) is 4.79 Å². The Hall–Kier alpha value is -2.74. The van der Waals surface area contributed by atoms with Crippen molar-refractivity contribution in [1.82, 2.24) is 5.32 Å². The molecule has 94 valence electrons. The molecule has 0 saturated carbocycles. The second kappa shape index (κ2) is 4.18. The molecule has 2 heterocycles. The zero-order chi connectivity index (χ0) is 13.4. The summed E-state index contributed by atoms with van der Waals surface area (Å²) >= 11 is 0. The van der Waals surface area contributed by atoms with Crippen LogP contribution in [0.2, 0.25) is 0 Å². The number of furan rings is 1. The molecule has 1 aliphatic rings. The summed E-state index contributed by atoms with van der Waals surface area (Å²) in [6, 6.07) is 4.89. The molecule has 1 saturated heterocycles. The van der Waals surface area contributed by atoms with Crippen LogP contribution in [0.5, 0.6) is 0 Å². The van der Waals surface area contributed by atoms with Crippen LogP contribution in [0.25, 0.3) is 11.0 Å². The van der Waals surface area contributed by atoms with E-state index in [1.807, 2.05) is 0 Å². The van der Waals surface area contributed by atoms with Gasteiger partial charge < -0.3 is 4.42 Å². The van der Waals surface area contributed by atoms with Crippen LogP contribution in [0, 0.1) is 12.3 Å². The third kappa shape index (κ3) is 1.83. The van der Waals surface area contributed by atoms with Crippen LogP contribution in [0.1, 0.15) is 12.0 Å². The molecule has 3 rings (SSSR count). The maximum absolute atomic E-state index is 11.8. The lowest BCUT2D eigenvalue weighted by Crippen LogP contribution is -2.49. The second-order valence-corrected chi connectivity index (χ2v) is 4.23. The van der Waals surface area contributed by atoms with Crippen molar-refractivity contribution in [3.05, 3.63) is 30.0 Å². The Morgan fingerprint density at radius 2 is 2.21 bits per heavy atom. The van der Waals surface area contributed by atoms with E-state index in [1.165, 1.54) is 11.2 Å². The largest absolute Gasteiger partial charge is 0.462 e. The topological polar surface area (TPSA) is 62.6 Å². The Bertz CT molecular complexity index is 724. The fourth-order valence-corrected chi connectivity index (χ4v) is 2.11. The molecule has 0 bridgehead atoms. The lowest BCUT2D eigenvalue weighted by molar-refractivity contribution is -0.120. The van der Waals surface area contributed by atoms with E-state index in [4.69, 9.17) is 10.8 Å². The van der Waals surface area contributed by atoms with Gasteiger partial charge in [-0.05, 0) is 18.2 Å². The summed E-state index contributed by atoms with van der Waals surface area (Å²) in [5, 5.41) is 3.04. The maximum atomic E-state index is 11.8. The molecule has 1 aromatic heterocycles. The highest BCUT2D eigenvalue weighted by atomic mass is 16.3. The van der Waals surface area contributed by atoms with Gasteiger partial charge in [0.25, 0.3) is 0 Å². The molecule has 5 heteroatoms. The smallest absolute Gasteiger partial charge is 0.328 e. The molecule has 0 spiro atoms. The van der Waals surface area contributed by atoms with E-state index in [9.17, 15) is 9.59 Å². The van der Waals surface area contributed by atoms with Gasteiger partial charge in [-0.15, -0.1) is 6.42 Å². The molecule has 2 aromatic rings. The number of anilines is 1. The number of carbonyl (C=O) groups excluding carboxylic acids is 2. The number of carbonyl (C=O) groups is 2. The summed E-state index contributed by atoms with van der Waals surface area (Å²) in [4.78, 5) is 24.4. The zero-order valence-corrected chi connectivity index (χ0v) is 9.97. The lowest BCUT2D eigenvalue weighted by atomic mass is 10.1. The van der Waals surface area contributed by atoms with Crippen LogP contribution in [0.4, 0.5) is 10.5 Å². The van der Waals surface area contributed by atoms with Gasteiger partial charge in [0.05, 0.1) is 5.69 Å². The fourth-order valence-electron chi connectivity index (χ4n) is 2.11. The summed E-state index contributed by atoms with van der Waals surface area (Å²) in [6.45, 7) is 0.333. The van der Waals surface area contributed by atoms with E-state index in [-0.39, 0.29) is 12.3 Å². The summed E-state index contributed by atoms with van der Waals surface area (Å²) < 4.78 is 5.40. The first kappa shape index (κ1) is 11.4. The molecular weight excluding hydrogens is 244 g/mol. The quantitative estimate of drug-likeness (QED) is 0.790. The zero-order valence-electron chi connectivity index (χ0n) is 9.97. The van der Waals surface area contributed by atoms with Crippen LogP contribution in [0.15, 0.2) is 28.9 Å². The summed E-state index contributed by atoms with van der Waals surface area (Å²) in [5.41, 5.74) is 1.99. The van der Waals surface area contributed by atoms with Crippen LogP contribution in [0.3, 0.4) is 0 Å². The van der Waals surface area contributed by atoms with Crippen LogP contribution < -0.4 is 10.2 Å². The van der Waals surface area contributed by atoms with Gasteiger partial charge in [0.2, 0.25) is 5.91 Å². The Morgan fingerprint density at radius 3 is 2.95 bits per heavy atom. The summed E-state index contributed by atoms with van der Waals surface area (Å²) in [6.07, 6.45) is 7.14. The minimum absolute atomic E-state index is 0.265. The predicted molar refractivity (Wildman–Crippen MR) is 69.7 cm³/mol. The summed E-state index contributed by atoms with van der Waals surface area (Å²) in [5.74, 6) is 2.28. The number of nitrogens with one attached hydrogen (secondary N) is 1. The van der Waals surface area contributed by atoms with Crippen molar-refractivity contribution in [3.8, 4) is 12.3 Å².